The molecule has 0 saturated heterocycles. The molecule has 4 rings (SSSR count). The third-order valence-electron chi connectivity index (χ3n) is 5.48. The van der Waals surface area contributed by atoms with E-state index in [-0.39, 0.29) is 11.9 Å². The van der Waals surface area contributed by atoms with E-state index in [2.05, 4.69) is 17.4 Å². The van der Waals surface area contributed by atoms with Crippen molar-refractivity contribution in [2.24, 2.45) is 5.92 Å². The maximum absolute atomic E-state index is 13.1. The number of amides is 1. The van der Waals surface area contributed by atoms with E-state index >= 15 is 0 Å². The van der Waals surface area contributed by atoms with Crippen LogP contribution in [0.5, 0.6) is 0 Å². The lowest BCUT2D eigenvalue weighted by atomic mass is 9.98. The molecule has 3 aromatic carbocycles. The molecule has 1 fully saturated rings. The van der Waals surface area contributed by atoms with Gasteiger partial charge >= 0.3 is 0 Å². The zero-order valence-electron chi connectivity index (χ0n) is 16.9. The van der Waals surface area contributed by atoms with Gasteiger partial charge in [-0.05, 0) is 60.9 Å². The van der Waals surface area contributed by atoms with Crippen LogP contribution in [-0.4, -0.2) is 17.9 Å². The lowest BCUT2D eigenvalue weighted by molar-refractivity contribution is 0.0931. The van der Waals surface area contributed by atoms with Gasteiger partial charge in [0.25, 0.3) is 5.91 Å². The Hall–Kier alpha value is -3.05. The van der Waals surface area contributed by atoms with Crippen molar-refractivity contribution >= 4 is 29.1 Å². The summed E-state index contributed by atoms with van der Waals surface area (Å²) < 4.78 is 0. The molecule has 1 aliphatic carbocycles. The molecular weight excluding hydrogens is 390 g/mol. The van der Waals surface area contributed by atoms with E-state index in [1.165, 1.54) is 0 Å². The molecule has 0 aliphatic heterocycles. The molecule has 152 valence electrons. The summed E-state index contributed by atoms with van der Waals surface area (Å²) in [5, 5.41) is 11.9. The van der Waals surface area contributed by atoms with Gasteiger partial charge in [-0.1, -0.05) is 42.5 Å². The molecule has 0 aromatic heterocycles. The number of carbonyl (C=O) groups is 1. The van der Waals surface area contributed by atoms with Gasteiger partial charge in [0.15, 0.2) is 0 Å². The van der Waals surface area contributed by atoms with Crippen molar-refractivity contribution in [3.05, 3.63) is 95.1 Å². The Morgan fingerprint density at radius 2 is 1.80 bits per heavy atom. The highest BCUT2D eigenvalue weighted by molar-refractivity contribution is 7.98. The van der Waals surface area contributed by atoms with Crippen LogP contribution < -0.4 is 11.1 Å². The molecule has 0 heterocycles. The van der Waals surface area contributed by atoms with E-state index < -0.39 is 0 Å². The SMILES string of the molecule is CSc1cccc(C(=N)c2cc(C(=O)NC(c3ccccc3)C3CC3)ccc2N)c1. The number of carbonyl (C=O) groups excluding carboxylic acids is 1. The number of anilines is 1. The van der Waals surface area contributed by atoms with Crippen molar-refractivity contribution in [1.82, 2.24) is 5.32 Å². The van der Waals surface area contributed by atoms with Gasteiger partial charge in [-0.15, -0.1) is 11.8 Å². The van der Waals surface area contributed by atoms with Crippen LogP contribution in [0.1, 0.15) is 45.9 Å². The highest BCUT2D eigenvalue weighted by atomic mass is 32.2. The van der Waals surface area contributed by atoms with Crippen LogP contribution in [0.4, 0.5) is 5.69 Å². The molecule has 3 aromatic rings. The fraction of sp³-hybridized carbons (Fsp3) is 0.200. The Kier molecular flexibility index (Phi) is 5.91. The number of nitrogen functional groups attached to an aromatic ring is 1. The Balaban J connectivity index is 1.59. The Morgan fingerprint density at radius 1 is 1.03 bits per heavy atom. The first-order valence-corrected chi connectivity index (χ1v) is 11.3. The van der Waals surface area contributed by atoms with E-state index in [0.717, 1.165) is 28.9 Å². The summed E-state index contributed by atoms with van der Waals surface area (Å²) in [5.41, 5.74) is 9.99. The predicted molar refractivity (Wildman–Crippen MR) is 124 cm³/mol. The minimum absolute atomic E-state index is 0.0115. The van der Waals surface area contributed by atoms with Crippen LogP contribution >= 0.6 is 11.8 Å². The van der Waals surface area contributed by atoms with E-state index in [4.69, 9.17) is 11.1 Å². The molecule has 1 aliphatic rings. The number of nitrogens with two attached hydrogens (primary N) is 1. The van der Waals surface area contributed by atoms with Crippen molar-refractivity contribution in [2.45, 2.75) is 23.8 Å². The van der Waals surface area contributed by atoms with Gasteiger partial charge in [-0.25, -0.2) is 0 Å². The number of thioether (sulfide) groups is 1. The van der Waals surface area contributed by atoms with Crippen molar-refractivity contribution in [3.63, 3.8) is 0 Å². The van der Waals surface area contributed by atoms with Crippen molar-refractivity contribution in [2.75, 3.05) is 12.0 Å². The van der Waals surface area contributed by atoms with Crippen LogP contribution in [0.15, 0.2) is 77.7 Å². The molecule has 5 heteroatoms. The average molecular weight is 416 g/mol. The number of rotatable bonds is 7. The minimum atomic E-state index is -0.136. The molecule has 0 radical (unpaired) electrons. The van der Waals surface area contributed by atoms with Crippen LogP contribution in [-0.2, 0) is 0 Å². The van der Waals surface area contributed by atoms with Gasteiger partial charge < -0.3 is 11.1 Å². The van der Waals surface area contributed by atoms with Crippen LogP contribution in [0.25, 0.3) is 0 Å². The topological polar surface area (TPSA) is 79.0 Å². The number of benzene rings is 3. The third kappa shape index (κ3) is 4.41. The van der Waals surface area contributed by atoms with E-state index in [1.54, 1.807) is 30.0 Å². The molecule has 4 nitrogen and oxygen atoms in total. The molecule has 0 bridgehead atoms. The molecule has 0 spiro atoms. The Labute approximate surface area is 181 Å². The maximum Gasteiger partial charge on any atom is 0.251 e. The first kappa shape index (κ1) is 20.2. The molecular formula is C25H25N3OS. The van der Waals surface area contributed by atoms with Gasteiger partial charge in [-0.2, -0.15) is 0 Å². The van der Waals surface area contributed by atoms with Gasteiger partial charge in [0.05, 0.1) is 11.8 Å². The van der Waals surface area contributed by atoms with Crippen molar-refractivity contribution in [1.29, 1.82) is 5.41 Å². The van der Waals surface area contributed by atoms with Crippen LogP contribution in [0, 0.1) is 11.3 Å². The highest BCUT2D eigenvalue weighted by Crippen LogP contribution is 2.41. The molecule has 1 unspecified atom stereocenters. The summed E-state index contributed by atoms with van der Waals surface area (Å²) in [6.07, 6.45) is 4.26. The lowest BCUT2D eigenvalue weighted by Gasteiger charge is -2.19. The van der Waals surface area contributed by atoms with Crippen molar-refractivity contribution < 1.29 is 4.79 Å². The second-order valence-corrected chi connectivity index (χ2v) is 8.49. The second kappa shape index (κ2) is 8.76. The summed E-state index contributed by atoms with van der Waals surface area (Å²) in [6.45, 7) is 0. The number of nitrogens with one attached hydrogen (secondary N) is 2. The fourth-order valence-electron chi connectivity index (χ4n) is 3.64. The van der Waals surface area contributed by atoms with E-state index in [0.29, 0.717) is 28.4 Å². The summed E-state index contributed by atoms with van der Waals surface area (Å²) in [7, 11) is 0. The zero-order chi connectivity index (χ0) is 21.1. The van der Waals surface area contributed by atoms with E-state index in [1.807, 2.05) is 48.7 Å². The molecule has 1 atom stereocenters. The number of hydrogen-bond acceptors (Lipinski definition) is 4. The normalized spacial score (nSPS) is 14.2. The zero-order valence-corrected chi connectivity index (χ0v) is 17.7. The highest BCUT2D eigenvalue weighted by Gasteiger charge is 2.33. The summed E-state index contributed by atoms with van der Waals surface area (Å²) in [5.74, 6) is 0.347. The average Bonchev–Trinajstić information content (AvgIpc) is 3.63. The summed E-state index contributed by atoms with van der Waals surface area (Å²) >= 11 is 1.63. The first-order valence-electron chi connectivity index (χ1n) is 10.1. The molecule has 1 saturated carbocycles. The largest absolute Gasteiger partial charge is 0.398 e. The second-order valence-electron chi connectivity index (χ2n) is 7.61. The smallest absolute Gasteiger partial charge is 0.251 e. The van der Waals surface area contributed by atoms with Gasteiger partial charge in [0.2, 0.25) is 0 Å². The van der Waals surface area contributed by atoms with Crippen LogP contribution in [0.2, 0.25) is 0 Å². The van der Waals surface area contributed by atoms with Crippen molar-refractivity contribution in [3.8, 4) is 0 Å². The fourth-order valence-corrected chi connectivity index (χ4v) is 4.10. The van der Waals surface area contributed by atoms with E-state index in [9.17, 15) is 4.79 Å². The summed E-state index contributed by atoms with van der Waals surface area (Å²) in [6, 6.07) is 23.1. The monoisotopic (exact) mass is 415 g/mol. The van der Waals surface area contributed by atoms with Gasteiger partial charge in [0.1, 0.15) is 0 Å². The summed E-state index contributed by atoms with van der Waals surface area (Å²) in [4.78, 5) is 14.1. The third-order valence-corrected chi connectivity index (χ3v) is 6.21. The molecule has 30 heavy (non-hydrogen) atoms. The minimum Gasteiger partial charge on any atom is -0.398 e. The van der Waals surface area contributed by atoms with Gasteiger partial charge in [-0.3, -0.25) is 10.2 Å². The first-order chi connectivity index (χ1) is 14.6. The Morgan fingerprint density at radius 3 is 2.50 bits per heavy atom. The van der Waals surface area contributed by atoms with Crippen LogP contribution in [0.3, 0.4) is 0 Å². The standard InChI is InChI=1S/C25H25N3OS/c1-30-20-9-5-8-18(14-20)23(27)21-15-19(12-13-22(21)26)25(29)28-24(17-10-11-17)16-6-3-2-4-7-16/h2-9,12-15,17,24,27H,10-11,26H2,1H3,(H,28,29). The van der Waals surface area contributed by atoms with Gasteiger partial charge in [0, 0.05) is 27.3 Å². The molecule has 4 N–H and O–H groups in total. The lowest BCUT2D eigenvalue weighted by Crippen LogP contribution is -2.30. The Bertz CT molecular complexity index is 1080. The maximum atomic E-state index is 13.1. The number of hydrogen-bond donors (Lipinski definition) is 3. The quantitative estimate of drug-likeness (QED) is 0.279. The predicted octanol–water partition coefficient (Wildman–Crippen LogP) is 5.29. The molecule has 1 amide bonds.